The van der Waals surface area contributed by atoms with E-state index < -0.39 is 21.7 Å². The molecular formula is C20H17F2NO2S. The summed E-state index contributed by atoms with van der Waals surface area (Å²) in [6, 6.07) is 17.6. The van der Waals surface area contributed by atoms with Gasteiger partial charge in [-0.3, -0.25) is 4.31 Å². The van der Waals surface area contributed by atoms with Crippen LogP contribution in [0.25, 0.3) is 0 Å². The van der Waals surface area contributed by atoms with Crippen LogP contribution in [0.5, 0.6) is 0 Å². The van der Waals surface area contributed by atoms with E-state index in [2.05, 4.69) is 0 Å². The second-order valence-corrected chi connectivity index (χ2v) is 7.76. The maximum Gasteiger partial charge on any atom is 0.264 e. The van der Waals surface area contributed by atoms with E-state index in [1.54, 1.807) is 24.3 Å². The van der Waals surface area contributed by atoms with Gasteiger partial charge in [0.2, 0.25) is 0 Å². The Morgan fingerprint density at radius 2 is 1.62 bits per heavy atom. The highest BCUT2D eigenvalue weighted by Gasteiger charge is 2.26. The normalized spacial score (nSPS) is 11.3. The van der Waals surface area contributed by atoms with Crippen molar-refractivity contribution in [2.24, 2.45) is 0 Å². The molecule has 3 nitrogen and oxygen atoms in total. The Morgan fingerprint density at radius 3 is 2.31 bits per heavy atom. The number of halogens is 2. The van der Waals surface area contributed by atoms with Crippen LogP contribution in [0.4, 0.5) is 14.5 Å². The van der Waals surface area contributed by atoms with Crippen LogP contribution in [0.2, 0.25) is 0 Å². The Labute approximate surface area is 151 Å². The molecule has 0 aliphatic heterocycles. The molecule has 3 aromatic rings. The maximum atomic E-state index is 14.1. The second-order valence-electron chi connectivity index (χ2n) is 5.90. The molecule has 0 unspecified atom stereocenters. The van der Waals surface area contributed by atoms with Crippen LogP contribution >= 0.6 is 0 Å². The Kier molecular flexibility index (Phi) is 5.04. The molecule has 0 amide bonds. The van der Waals surface area contributed by atoms with Crippen molar-refractivity contribution in [3.8, 4) is 0 Å². The lowest BCUT2D eigenvalue weighted by atomic mass is 10.2. The van der Waals surface area contributed by atoms with E-state index in [9.17, 15) is 17.2 Å². The fraction of sp³-hybridized carbons (Fsp3) is 0.100. The molecule has 6 heteroatoms. The van der Waals surface area contributed by atoms with Crippen LogP contribution in [-0.2, 0) is 16.6 Å². The van der Waals surface area contributed by atoms with Gasteiger partial charge in [-0.15, -0.1) is 0 Å². The lowest BCUT2D eigenvalue weighted by Gasteiger charge is -2.25. The van der Waals surface area contributed by atoms with Gasteiger partial charge in [0.05, 0.1) is 17.1 Å². The first-order valence-corrected chi connectivity index (χ1v) is 9.40. The summed E-state index contributed by atoms with van der Waals surface area (Å²) in [6.45, 7) is 1.63. The highest BCUT2D eigenvalue weighted by Crippen LogP contribution is 2.27. The van der Waals surface area contributed by atoms with Gasteiger partial charge in [0, 0.05) is 5.56 Å². The summed E-state index contributed by atoms with van der Waals surface area (Å²) in [4.78, 5) is -0.185. The number of rotatable bonds is 5. The number of hydrogen-bond acceptors (Lipinski definition) is 2. The van der Waals surface area contributed by atoms with E-state index in [-0.39, 0.29) is 17.0 Å². The van der Waals surface area contributed by atoms with Gasteiger partial charge >= 0.3 is 0 Å². The predicted octanol–water partition coefficient (Wildman–Crippen LogP) is 4.67. The van der Waals surface area contributed by atoms with Crippen LogP contribution in [0.15, 0.2) is 77.7 Å². The molecule has 0 radical (unpaired) electrons. The Hall–Kier alpha value is -2.73. The summed E-state index contributed by atoms with van der Waals surface area (Å²) in [5, 5.41) is 0. The summed E-state index contributed by atoms with van der Waals surface area (Å²) in [5.41, 5.74) is 1.47. The Bertz CT molecular complexity index is 1040. The molecule has 0 atom stereocenters. The fourth-order valence-electron chi connectivity index (χ4n) is 2.63. The van der Waals surface area contributed by atoms with Crippen molar-refractivity contribution < 1.29 is 17.2 Å². The SMILES string of the molecule is Cc1cccc(N(Cc2ccccc2F)S(=O)(=O)c2cccc(F)c2)c1. The van der Waals surface area contributed by atoms with Crippen molar-refractivity contribution in [2.45, 2.75) is 18.4 Å². The largest absolute Gasteiger partial charge is 0.264 e. The van der Waals surface area contributed by atoms with Gasteiger partial charge in [-0.25, -0.2) is 17.2 Å². The maximum absolute atomic E-state index is 14.1. The first-order valence-electron chi connectivity index (χ1n) is 7.96. The number of aryl methyl sites for hydroxylation is 1. The number of hydrogen-bond donors (Lipinski definition) is 0. The van der Waals surface area contributed by atoms with Gasteiger partial charge in [0.15, 0.2) is 0 Å². The molecule has 0 N–H and O–H groups in total. The van der Waals surface area contributed by atoms with Gasteiger partial charge in [0.25, 0.3) is 10.0 Å². The average molecular weight is 373 g/mol. The van der Waals surface area contributed by atoms with Crippen molar-refractivity contribution in [3.63, 3.8) is 0 Å². The minimum atomic E-state index is -4.08. The minimum absolute atomic E-state index is 0.185. The summed E-state index contributed by atoms with van der Waals surface area (Å²) in [5.74, 6) is -1.15. The number of anilines is 1. The molecule has 0 heterocycles. The van der Waals surface area contributed by atoms with E-state index >= 15 is 0 Å². The number of sulfonamides is 1. The zero-order chi connectivity index (χ0) is 18.7. The highest BCUT2D eigenvalue weighted by molar-refractivity contribution is 7.92. The molecule has 0 saturated carbocycles. The molecule has 0 saturated heterocycles. The lowest BCUT2D eigenvalue weighted by molar-refractivity contribution is 0.581. The molecule has 3 rings (SSSR count). The van der Waals surface area contributed by atoms with Crippen molar-refractivity contribution in [1.29, 1.82) is 0 Å². The third-order valence-electron chi connectivity index (χ3n) is 3.95. The average Bonchev–Trinajstić information content (AvgIpc) is 2.61. The first-order chi connectivity index (χ1) is 12.4. The molecule has 0 bridgehead atoms. The van der Waals surface area contributed by atoms with E-state index in [0.717, 1.165) is 15.9 Å². The van der Waals surface area contributed by atoms with Crippen LogP contribution in [0.1, 0.15) is 11.1 Å². The Morgan fingerprint density at radius 1 is 0.885 bits per heavy atom. The molecule has 134 valence electrons. The molecule has 0 aliphatic rings. The van der Waals surface area contributed by atoms with Crippen molar-refractivity contribution >= 4 is 15.7 Å². The van der Waals surface area contributed by atoms with Gasteiger partial charge in [-0.1, -0.05) is 36.4 Å². The molecular weight excluding hydrogens is 356 g/mol. The topological polar surface area (TPSA) is 37.4 Å². The van der Waals surface area contributed by atoms with Crippen LogP contribution < -0.4 is 4.31 Å². The van der Waals surface area contributed by atoms with Crippen LogP contribution in [0, 0.1) is 18.6 Å². The van der Waals surface area contributed by atoms with Crippen molar-refractivity contribution in [2.75, 3.05) is 4.31 Å². The quantitative estimate of drug-likeness (QED) is 0.652. The molecule has 3 aromatic carbocycles. The third-order valence-corrected chi connectivity index (χ3v) is 5.72. The highest BCUT2D eigenvalue weighted by atomic mass is 32.2. The zero-order valence-electron chi connectivity index (χ0n) is 14.1. The van der Waals surface area contributed by atoms with Gasteiger partial charge < -0.3 is 0 Å². The third kappa shape index (κ3) is 3.75. The molecule has 0 spiro atoms. The number of nitrogens with zero attached hydrogens (tertiary/aromatic N) is 1. The molecule has 0 aliphatic carbocycles. The lowest BCUT2D eigenvalue weighted by Crippen LogP contribution is -2.31. The van der Waals surface area contributed by atoms with E-state index in [1.165, 1.54) is 36.4 Å². The molecule has 0 fully saturated rings. The zero-order valence-corrected chi connectivity index (χ0v) is 14.9. The monoisotopic (exact) mass is 373 g/mol. The smallest absolute Gasteiger partial charge is 0.262 e. The fourth-order valence-corrected chi connectivity index (χ4v) is 4.10. The second kappa shape index (κ2) is 7.25. The van der Waals surface area contributed by atoms with Gasteiger partial charge in [-0.05, 0) is 48.9 Å². The number of benzene rings is 3. The van der Waals surface area contributed by atoms with Crippen LogP contribution in [0.3, 0.4) is 0 Å². The minimum Gasteiger partial charge on any atom is -0.262 e. The summed E-state index contributed by atoms with van der Waals surface area (Å²) < 4.78 is 55.1. The van der Waals surface area contributed by atoms with Gasteiger partial charge in [-0.2, -0.15) is 0 Å². The van der Waals surface area contributed by atoms with E-state index in [1.807, 2.05) is 13.0 Å². The first kappa shape index (κ1) is 18.1. The van der Waals surface area contributed by atoms with Crippen molar-refractivity contribution in [3.05, 3.63) is 95.6 Å². The van der Waals surface area contributed by atoms with E-state index in [0.29, 0.717) is 5.69 Å². The summed E-state index contributed by atoms with van der Waals surface area (Å²) in [6.07, 6.45) is 0. The standard InChI is InChI=1S/C20H17F2NO2S/c1-15-6-4-9-18(12-15)23(14-16-7-2-3-11-20(16)22)26(24,25)19-10-5-8-17(21)13-19/h2-13H,14H2,1H3. The predicted molar refractivity (Wildman–Crippen MR) is 97.3 cm³/mol. The van der Waals surface area contributed by atoms with Crippen LogP contribution in [-0.4, -0.2) is 8.42 Å². The van der Waals surface area contributed by atoms with Crippen molar-refractivity contribution in [1.82, 2.24) is 0 Å². The molecule has 0 aromatic heterocycles. The van der Waals surface area contributed by atoms with E-state index in [4.69, 9.17) is 0 Å². The molecule has 26 heavy (non-hydrogen) atoms. The Balaban J connectivity index is 2.13. The summed E-state index contributed by atoms with van der Waals surface area (Å²) in [7, 11) is -4.08. The summed E-state index contributed by atoms with van der Waals surface area (Å²) >= 11 is 0. The van der Waals surface area contributed by atoms with Gasteiger partial charge in [0.1, 0.15) is 11.6 Å².